The van der Waals surface area contributed by atoms with Gasteiger partial charge in [0.2, 0.25) is 0 Å². The molecule has 4 rings (SSSR count). The number of benzene rings is 1. The summed E-state index contributed by atoms with van der Waals surface area (Å²) in [5.41, 5.74) is 3.51. The van der Waals surface area contributed by atoms with Gasteiger partial charge in [0, 0.05) is 42.3 Å². The molecule has 0 bridgehead atoms. The summed E-state index contributed by atoms with van der Waals surface area (Å²) in [6, 6.07) is 12.7. The van der Waals surface area contributed by atoms with Gasteiger partial charge in [-0.15, -0.1) is 0 Å². The van der Waals surface area contributed by atoms with Gasteiger partial charge < -0.3 is 19.2 Å². The topological polar surface area (TPSA) is 50.4 Å². The van der Waals surface area contributed by atoms with Crippen LogP contribution in [0.3, 0.4) is 0 Å². The molecule has 1 unspecified atom stereocenters. The number of nitrogens with zero attached hydrogens (tertiary/aromatic N) is 2. The van der Waals surface area contributed by atoms with E-state index in [2.05, 4.69) is 49.8 Å². The molecule has 1 amide bonds. The maximum absolute atomic E-state index is 13.0. The molecule has 0 spiro atoms. The number of aryl methyl sites for hydroxylation is 1. The Bertz CT molecular complexity index is 1010. The smallest absolute Gasteiger partial charge is 0.268 e. The summed E-state index contributed by atoms with van der Waals surface area (Å²) < 4.78 is 8.90. The number of furan rings is 1. The molecular formula is C24H30BrN3O2. The number of piperidine rings is 1. The average Bonchev–Trinajstić information content (AvgIpc) is 3.25. The molecule has 0 radical (unpaired) electrons. The van der Waals surface area contributed by atoms with Crippen molar-refractivity contribution >= 4 is 32.9 Å². The molecule has 1 N–H and O–H groups in total. The van der Waals surface area contributed by atoms with Crippen molar-refractivity contribution in [1.29, 1.82) is 0 Å². The van der Waals surface area contributed by atoms with Crippen LogP contribution in [0.5, 0.6) is 0 Å². The van der Waals surface area contributed by atoms with E-state index in [0.717, 1.165) is 39.9 Å². The number of aromatic nitrogens is 1. The van der Waals surface area contributed by atoms with Crippen LogP contribution in [-0.2, 0) is 6.54 Å². The fraction of sp³-hybridized carbons (Fsp3) is 0.458. The SMILES string of the molecule is Cc1cc2c(cc(C(=O)NCCCN3CCCCC3C)n2Cc2ccc(Br)cc2)o1. The average molecular weight is 472 g/mol. The molecule has 1 aliphatic rings. The number of hydrogen-bond acceptors (Lipinski definition) is 3. The van der Waals surface area contributed by atoms with Gasteiger partial charge in [0.15, 0.2) is 5.58 Å². The number of nitrogens with one attached hydrogen (secondary N) is 1. The highest BCUT2D eigenvalue weighted by atomic mass is 79.9. The zero-order chi connectivity index (χ0) is 21.1. The molecule has 3 heterocycles. The highest BCUT2D eigenvalue weighted by Gasteiger charge is 2.20. The van der Waals surface area contributed by atoms with Gasteiger partial charge in [-0.25, -0.2) is 0 Å². The highest BCUT2D eigenvalue weighted by molar-refractivity contribution is 9.10. The largest absolute Gasteiger partial charge is 0.460 e. The Labute approximate surface area is 186 Å². The second kappa shape index (κ2) is 9.40. The molecule has 1 aromatic carbocycles. The predicted molar refractivity (Wildman–Crippen MR) is 124 cm³/mol. The van der Waals surface area contributed by atoms with Gasteiger partial charge >= 0.3 is 0 Å². The number of amides is 1. The van der Waals surface area contributed by atoms with E-state index >= 15 is 0 Å². The first-order valence-electron chi connectivity index (χ1n) is 10.9. The van der Waals surface area contributed by atoms with E-state index in [-0.39, 0.29) is 5.91 Å². The summed E-state index contributed by atoms with van der Waals surface area (Å²) >= 11 is 3.48. The summed E-state index contributed by atoms with van der Waals surface area (Å²) in [5.74, 6) is 0.815. The van der Waals surface area contributed by atoms with E-state index in [0.29, 0.717) is 24.8 Å². The lowest BCUT2D eigenvalue weighted by molar-refractivity contribution is 0.0940. The molecule has 6 heteroatoms. The Balaban J connectivity index is 1.43. The third-order valence-electron chi connectivity index (χ3n) is 6.05. The Hall–Kier alpha value is -2.05. The molecule has 1 fully saturated rings. The summed E-state index contributed by atoms with van der Waals surface area (Å²) in [4.78, 5) is 15.5. The summed E-state index contributed by atoms with van der Waals surface area (Å²) in [6.07, 6.45) is 4.89. The first kappa shape index (κ1) is 21.2. The molecule has 0 aliphatic carbocycles. The molecule has 160 valence electrons. The van der Waals surface area contributed by atoms with Gasteiger partial charge in [0.05, 0.1) is 5.52 Å². The fourth-order valence-corrected chi connectivity index (χ4v) is 4.62. The Morgan fingerprint density at radius 1 is 1.23 bits per heavy atom. The zero-order valence-corrected chi connectivity index (χ0v) is 19.4. The van der Waals surface area contributed by atoms with Crippen LogP contribution in [0.15, 0.2) is 45.3 Å². The Kier molecular flexibility index (Phi) is 6.64. The van der Waals surface area contributed by atoms with Crippen molar-refractivity contribution in [3.63, 3.8) is 0 Å². The van der Waals surface area contributed by atoms with E-state index in [4.69, 9.17) is 4.42 Å². The first-order chi connectivity index (χ1) is 14.5. The van der Waals surface area contributed by atoms with E-state index in [1.165, 1.54) is 25.8 Å². The second-order valence-corrected chi connectivity index (χ2v) is 9.25. The van der Waals surface area contributed by atoms with E-state index < -0.39 is 0 Å². The molecule has 1 saturated heterocycles. The van der Waals surface area contributed by atoms with Gasteiger partial charge in [0.1, 0.15) is 11.5 Å². The van der Waals surface area contributed by atoms with Crippen molar-refractivity contribution in [2.24, 2.45) is 0 Å². The standard InChI is InChI=1S/C24H30BrN3O2/c1-17-6-3-4-12-27(17)13-5-11-26-24(29)22-15-23-21(14-18(2)30-23)28(22)16-19-7-9-20(25)10-8-19/h7-10,14-15,17H,3-6,11-13,16H2,1-2H3,(H,26,29). The Morgan fingerprint density at radius 2 is 2.03 bits per heavy atom. The molecule has 1 aliphatic heterocycles. The normalized spacial score (nSPS) is 17.5. The van der Waals surface area contributed by atoms with Crippen molar-refractivity contribution in [2.75, 3.05) is 19.6 Å². The van der Waals surface area contributed by atoms with E-state index in [1.54, 1.807) is 0 Å². The lowest BCUT2D eigenvalue weighted by Gasteiger charge is -2.33. The quantitative estimate of drug-likeness (QED) is 0.472. The van der Waals surface area contributed by atoms with Crippen LogP contribution in [0.2, 0.25) is 0 Å². The number of hydrogen-bond donors (Lipinski definition) is 1. The summed E-state index contributed by atoms with van der Waals surface area (Å²) in [7, 11) is 0. The molecule has 2 aromatic heterocycles. The number of likely N-dealkylation sites (tertiary alicyclic amines) is 1. The van der Waals surface area contributed by atoms with E-state index in [1.807, 2.05) is 31.2 Å². The zero-order valence-electron chi connectivity index (χ0n) is 17.8. The van der Waals surface area contributed by atoms with Crippen LogP contribution in [-0.4, -0.2) is 41.1 Å². The molecule has 3 aromatic rings. The maximum atomic E-state index is 13.0. The van der Waals surface area contributed by atoms with Crippen LogP contribution in [0.25, 0.3) is 11.1 Å². The number of carbonyl (C=O) groups excluding carboxylic acids is 1. The number of carbonyl (C=O) groups is 1. The maximum Gasteiger partial charge on any atom is 0.268 e. The van der Waals surface area contributed by atoms with Gasteiger partial charge in [-0.1, -0.05) is 34.5 Å². The number of halogens is 1. The lowest BCUT2D eigenvalue weighted by atomic mass is 10.0. The van der Waals surface area contributed by atoms with Crippen molar-refractivity contribution in [3.8, 4) is 0 Å². The fourth-order valence-electron chi connectivity index (χ4n) is 4.36. The predicted octanol–water partition coefficient (Wildman–Crippen LogP) is 5.35. The van der Waals surface area contributed by atoms with Crippen molar-refractivity contribution in [3.05, 3.63) is 57.9 Å². The third kappa shape index (κ3) is 4.81. The first-order valence-corrected chi connectivity index (χ1v) is 11.7. The van der Waals surface area contributed by atoms with Crippen LogP contribution in [0.1, 0.15) is 54.4 Å². The summed E-state index contributed by atoms with van der Waals surface area (Å²) in [5, 5.41) is 3.12. The molecule has 30 heavy (non-hydrogen) atoms. The lowest BCUT2D eigenvalue weighted by Crippen LogP contribution is -2.39. The molecule has 5 nitrogen and oxygen atoms in total. The van der Waals surface area contributed by atoms with Crippen LogP contribution in [0, 0.1) is 6.92 Å². The third-order valence-corrected chi connectivity index (χ3v) is 6.58. The van der Waals surface area contributed by atoms with Crippen LogP contribution < -0.4 is 5.32 Å². The van der Waals surface area contributed by atoms with Gasteiger partial charge in [0.25, 0.3) is 5.91 Å². The molecule has 0 saturated carbocycles. The van der Waals surface area contributed by atoms with Gasteiger partial charge in [-0.05, 0) is 57.4 Å². The minimum absolute atomic E-state index is 0.0390. The minimum atomic E-state index is -0.0390. The number of fused-ring (bicyclic) bond motifs is 1. The molecular weight excluding hydrogens is 442 g/mol. The van der Waals surface area contributed by atoms with Crippen LogP contribution in [0.4, 0.5) is 0 Å². The second-order valence-electron chi connectivity index (χ2n) is 8.34. The van der Waals surface area contributed by atoms with Crippen molar-refractivity contribution in [1.82, 2.24) is 14.8 Å². The van der Waals surface area contributed by atoms with Crippen molar-refractivity contribution < 1.29 is 9.21 Å². The number of rotatable bonds is 7. The van der Waals surface area contributed by atoms with E-state index in [9.17, 15) is 4.79 Å². The Morgan fingerprint density at radius 3 is 2.80 bits per heavy atom. The van der Waals surface area contributed by atoms with Crippen LogP contribution >= 0.6 is 15.9 Å². The minimum Gasteiger partial charge on any atom is -0.460 e. The van der Waals surface area contributed by atoms with Gasteiger partial charge in [-0.3, -0.25) is 4.79 Å². The highest BCUT2D eigenvalue weighted by Crippen LogP contribution is 2.25. The van der Waals surface area contributed by atoms with Crippen molar-refractivity contribution in [2.45, 2.75) is 52.1 Å². The molecule has 1 atom stereocenters. The van der Waals surface area contributed by atoms with Gasteiger partial charge in [-0.2, -0.15) is 0 Å². The summed E-state index contributed by atoms with van der Waals surface area (Å²) in [6.45, 7) is 7.79. The monoisotopic (exact) mass is 471 g/mol.